The van der Waals surface area contributed by atoms with Crippen LogP contribution in [0.5, 0.6) is 0 Å². The highest BCUT2D eigenvalue weighted by atomic mass is 16.2. The summed E-state index contributed by atoms with van der Waals surface area (Å²) in [5.41, 5.74) is 3.54. The van der Waals surface area contributed by atoms with Gasteiger partial charge in [-0.3, -0.25) is 14.4 Å². The molecule has 210 valence electrons. The van der Waals surface area contributed by atoms with E-state index in [4.69, 9.17) is 0 Å². The van der Waals surface area contributed by atoms with Gasteiger partial charge in [-0.15, -0.1) is 0 Å². The number of amides is 3. The molecule has 40 heavy (non-hydrogen) atoms. The van der Waals surface area contributed by atoms with Crippen molar-refractivity contribution in [1.82, 2.24) is 10.6 Å². The van der Waals surface area contributed by atoms with Gasteiger partial charge >= 0.3 is 0 Å². The molecule has 5 rings (SSSR count). The average Bonchev–Trinajstić information content (AvgIpc) is 3.09. The molecule has 1 saturated carbocycles. The molecule has 0 aromatic heterocycles. The zero-order valence-electron chi connectivity index (χ0n) is 23.8. The molecular formula is C33H40N4O3. The van der Waals surface area contributed by atoms with E-state index in [0.717, 1.165) is 47.6 Å². The highest BCUT2D eigenvalue weighted by Gasteiger charge is 2.38. The van der Waals surface area contributed by atoms with E-state index >= 15 is 0 Å². The minimum absolute atomic E-state index is 0.0104. The Hall–Kier alpha value is -3.71. The van der Waals surface area contributed by atoms with Crippen LogP contribution >= 0.6 is 0 Å². The van der Waals surface area contributed by atoms with Crippen molar-refractivity contribution >= 4 is 39.9 Å². The number of carbonyl (C=O) groups is 3. The first-order chi connectivity index (χ1) is 19.4. The molecule has 1 aliphatic carbocycles. The highest BCUT2D eigenvalue weighted by Crippen LogP contribution is 2.37. The molecule has 7 nitrogen and oxygen atoms in total. The maximum Gasteiger partial charge on any atom is 0.251 e. The van der Waals surface area contributed by atoms with E-state index < -0.39 is 12.1 Å². The summed E-state index contributed by atoms with van der Waals surface area (Å²) < 4.78 is 0. The van der Waals surface area contributed by atoms with E-state index in [1.54, 1.807) is 23.8 Å². The maximum absolute atomic E-state index is 14.3. The summed E-state index contributed by atoms with van der Waals surface area (Å²) in [5.74, 6) is -0.118. The van der Waals surface area contributed by atoms with Gasteiger partial charge in [0, 0.05) is 6.42 Å². The summed E-state index contributed by atoms with van der Waals surface area (Å²) in [5, 5.41) is 8.11. The van der Waals surface area contributed by atoms with Crippen LogP contribution in [0.15, 0.2) is 60.7 Å². The van der Waals surface area contributed by atoms with Gasteiger partial charge < -0.3 is 20.4 Å². The van der Waals surface area contributed by atoms with Crippen molar-refractivity contribution < 1.29 is 14.4 Å². The Morgan fingerprint density at radius 2 is 1.65 bits per heavy atom. The van der Waals surface area contributed by atoms with E-state index in [-0.39, 0.29) is 24.3 Å². The largest absolute Gasteiger partial charge is 0.341 e. The van der Waals surface area contributed by atoms with Crippen LogP contribution in [-0.4, -0.2) is 43.4 Å². The lowest BCUT2D eigenvalue weighted by Crippen LogP contribution is -2.55. The molecule has 7 heteroatoms. The van der Waals surface area contributed by atoms with Crippen LogP contribution in [-0.2, 0) is 20.9 Å². The third-order valence-corrected chi connectivity index (χ3v) is 8.62. The van der Waals surface area contributed by atoms with Crippen LogP contribution < -0.4 is 20.4 Å². The number of para-hydroxylation sites is 2. The molecule has 2 atom stereocenters. The van der Waals surface area contributed by atoms with Crippen LogP contribution in [0.25, 0.3) is 10.8 Å². The van der Waals surface area contributed by atoms with Gasteiger partial charge in [-0.2, -0.15) is 0 Å². The molecule has 2 aliphatic rings. The van der Waals surface area contributed by atoms with Crippen molar-refractivity contribution in [1.29, 1.82) is 0 Å². The number of hydrogen-bond donors (Lipinski definition) is 2. The summed E-state index contributed by atoms with van der Waals surface area (Å²) in [6.07, 6.45) is 6.13. The molecule has 0 spiro atoms. The lowest BCUT2D eigenvalue weighted by molar-refractivity contribution is -0.128. The fraction of sp³-hybridized carbons (Fsp3) is 0.424. The van der Waals surface area contributed by atoms with Gasteiger partial charge in [0.2, 0.25) is 11.8 Å². The molecule has 1 fully saturated rings. The standard InChI is InChI=1S/C33H40N4O3/c1-22-17-18-25-13-7-8-14-26(25)27(22)20-37-30-16-10-9-15-29(30)36(31(38)19-24-11-5-4-6-12-24)21-28(33(37)40)35-32(39)23(2)34-3/h7-10,13-18,23-24,28,34H,4-6,11-12,19-21H2,1-3H3,(H,35,39). The molecule has 2 N–H and O–H groups in total. The predicted octanol–water partition coefficient (Wildman–Crippen LogP) is 5.09. The third kappa shape index (κ3) is 5.75. The monoisotopic (exact) mass is 540 g/mol. The molecule has 0 saturated heterocycles. The van der Waals surface area contributed by atoms with Gasteiger partial charge in [-0.1, -0.05) is 67.8 Å². The van der Waals surface area contributed by atoms with Gasteiger partial charge in [0.15, 0.2) is 0 Å². The van der Waals surface area contributed by atoms with Gasteiger partial charge in [0.1, 0.15) is 6.04 Å². The number of carbonyl (C=O) groups excluding carboxylic acids is 3. The molecule has 1 heterocycles. The number of benzene rings is 3. The summed E-state index contributed by atoms with van der Waals surface area (Å²) >= 11 is 0. The second kappa shape index (κ2) is 12.2. The fourth-order valence-electron chi connectivity index (χ4n) is 6.08. The van der Waals surface area contributed by atoms with Crippen LogP contribution in [0, 0.1) is 12.8 Å². The van der Waals surface area contributed by atoms with Crippen LogP contribution in [0.1, 0.15) is 56.6 Å². The zero-order valence-corrected chi connectivity index (χ0v) is 23.8. The summed E-state index contributed by atoms with van der Waals surface area (Å²) in [6, 6.07) is 18.7. The molecule has 1 aliphatic heterocycles. The topological polar surface area (TPSA) is 81.8 Å². The molecular weight excluding hydrogens is 500 g/mol. The third-order valence-electron chi connectivity index (χ3n) is 8.62. The van der Waals surface area contributed by atoms with Crippen LogP contribution in [0.3, 0.4) is 0 Å². The Balaban J connectivity index is 1.56. The Kier molecular flexibility index (Phi) is 8.50. The number of rotatable bonds is 7. The molecule has 3 aromatic carbocycles. The highest BCUT2D eigenvalue weighted by molar-refractivity contribution is 6.08. The van der Waals surface area contributed by atoms with E-state index in [9.17, 15) is 14.4 Å². The quantitative estimate of drug-likeness (QED) is 0.437. The lowest BCUT2D eigenvalue weighted by Gasteiger charge is -2.28. The summed E-state index contributed by atoms with van der Waals surface area (Å²) in [4.78, 5) is 44.7. The number of nitrogens with zero attached hydrogens (tertiary/aromatic N) is 2. The van der Waals surface area contributed by atoms with E-state index in [1.165, 1.54) is 6.42 Å². The molecule has 3 aromatic rings. The first-order valence-corrected chi connectivity index (χ1v) is 14.5. The minimum Gasteiger partial charge on any atom is -0.341 e. The maximum atomic E-state index is 14.3. The Morgan fingerprint density at radius 1 is 0.950 bits per heavy atom. The van der Waals surface area contributed by atoms with Gasteiger partial charge in [0.25, 0.3) is 5.91 Å². The Bertz CT molecular complexity index is 1400. The molecule has 3 amide bonds. The van der Waals surface area contributed by atoms with Crippen LogP contribution in [0.2, 0.25) is 0 Å². The normalized spacial score (nSPS) is 18.8. The first-order valence-electron chi connectivity index (χ1n) is 14.5. The number of fused-ring (bicyclic) bond motifs is 2. The Labute approximate surface area is 236 Å². The van der Waals surface area contributed by atoms with Crippen molar-refractivity contribution in [2.45, 2.75) is 71.0 Å². The molecule has 2 unspecified atom stereocenters. The van der Waals surface area contributed by atoms with Gasteiger partial charge in [-0.25, -0.2) is 0 Å². The first kappa shape index (κ1) is 27.8. The number of anilines is 2. The second-order valence-electron chi connectivity index (χ2n) is 11.3. The van der Waals surface area contributed by atoms with Crippen molar-refractivity contribution in [3.8, 4) is 0 Å². The zero-order chi connectivity index (χ0) is 28.2. The van der Waals surface area contributed by atoms with E-state index in [2.05, 4.69) is 41.8 Å². The number of hydrogen-bond acceptors (Lipinski definition) is 4. The average molecular weight is 541 g/mol. The van der Waals surface area contributed by atoms with Crippen molar-refractivity contribution in [2.24, 2.45) is 5.92 Å². The van der Waals surface area contributed by atoms with Crippen molar-refractivity contribution in [3.63, 3.8) is 0 Å². The van der Waals surface area contributed by atoms with E-state index in [1.807, 2.05) is 36.4 Å². The van der Waals surface area contributed by atoms with Crippen molar-refractivity contribution in [3.05, 3.63) is 71.8 Å². The number of aryl methyl sites for hydroxylation is 1. The lowest BCUT2D eigenvalue weighted by atomic mass is 9.86. The predicted molar refractivity (Wildman–Crippen MR) is 160 cm³/mol. The Morgan fingerprint density at radius 3 is 2.40 bits per heavy atom. The minimum atomic E-state index is -0.874. The van der Waals surface area contributed by atoms with E-state index in [0.29, 0.717) is 30.3 Å². The summed E-state index contributed by atoms with van der Waals surface area (Å²) in [7, 11) is 1.71. The van der Waals surface area contributed by atoms with Crippen LogP contribution in [0.4, 0.5) is 11.4 Å². The molecule has 0 radical (unpaired) electrons. The smallest absolute Gasteiger partial charge is 0.251 e. The van der Waals surface area contributed by atoms with Gasteiger partial charge in [-0.05, 0) is 73.7 Å². The number of likely N-dealkylation sites (N-methyl/N-ethyl adjacent to an activating group) is 1. The van der Waals surface area contributed by atoms with Crippen molar-refractivity contribution in [2.75, 3.05) is 23.4 Å². The van der Waals surface area contributed by atoms with Gasteiger partial charge in [0.05, 0.1) is 30.5 Å². The molecule has 0 bridgehead atoms. The second-order valence-corrected chi connectivity index (χ2v) is 11.3. The summed E-state index contributed by atoms with van der Waals surface area (Å²) in [6.45, 7) is 4.26. The number of nitrogens with one attached hydrogen (secondary N) is 2. The SMILES string of the molecule is CNC(C)C(=O)NC1CN(C(=O)CC2CCCCC2)c2ccccc2N(Cc2c(C)ccc3ccccc23)C1=O. The fourth-order valence-corrected chi connectivity index (χ4v) is 6.08.